The van der Waals surface area contributed by atoms with Gasteiger partial charge in [-0.3, -0.25) is 20.3 Å². The predicted molar refractivity (Wildman–Crippen MR) is 93.6 cm³/mol. The van der Waals surface area contributed by atoms with Gasteiger partial charge < -0.3 is 20.1 Å². The van der Waals surface area contributed by atoms with E-state index in [9.17, 15) is 35.9 Å². The zero-order valence-corrected chi connectivity index (χ0v) is 16.8. The number of ketones is 1. The van der Waals surface area contributed by atoms with Crippen LogP contribution >= 0.6 is 0 Å². The van der Waals surface area contributed by atoms with Crippen molar-refractivity contribution < 1.29 is 45.4 Å². The number of nitrogens with one attached hydrogen (secondary N) is 4. The summed E-state index contributed by atoms with van der Waals surface area (Å²) >= 11 is 0. The first-order valence-corrected chi connectivity index (χ1v) is 8.67. The molecule has 0 saturated heterocycles. The molecule has 31 heavy (non-hydrogen) atoms. The lowest BCUT2D eigenvalue weighted by molar-refractivity contribution is -0.319. The number of nitriles is 1. The second kappa shape index (κ2) is 11.7. The summed E-state index contributed by atoms with van der Waals surface area (Å²) < 4.78 is 84.1. The molecule has 0 aliphatic carbocycles. The van der Waals surface area contributed by atoms with Gasteiger partial charge in [-0.1, -0.05) is 0 Å². The summed E-state index contributed by atoms with van der Waals surface area (Å²) in [6, 6.07) is -1.48. The number of hydrogen-bond donors (Lipinski definition) is 4. The number of nitrogens with zero attached hydrogens (tertiary/aromatic N) is 1. The third-order valence-corrected chi connectivity index (χ3v) is 3.89. The molecule has 1 amide bonds. The molecule has 1 atom stereocenters. The fourth-order valence-corrected chi connectivity index (χ4v) is 2.00. The molecule has 0 aromatic heterocycles. The van der Waals surface area contributed by atoms with E-state index in [-0.39, 0.29) is 25.3 Å². The van der Waals surface area contributed by atoms with Crippen molar-refractivity contribution in [1.82, 2.24) is 16.0 Å². The molecule has 178 valence electrons. The van der Waals surface area contributed by atoms with Gasteiger partial charge in [-0.2, -0.15) is 31.6 Å². The second-order valence-corrected chi connectivity index (χ2v) is 6.66. The molecule has 1 unspecified atom stereocenters. The van der Waals surface area contributed by atoms with Crippen LogP contribution in [0.3, 0.4) is 0 Å². The fourth-order valence-electron chi connectivity index (χ4n) is 2.00. The topological polar surface area (TPSA) is 136 Å². The first-order chi connectivity index (χ1) is 14.1. The number of methoxy groups -OCH3 is 1. The van der Waals surface area contributed by atoms with Crippen molar-refractivity contribution in [3.63, 3.8) is 0 Å². The number of amides is 1. The monoisotopic (exact) mass is 463 g/mol. The van der Waals surface area contributed by atoms with Gasteiger partial charge in [-0.15, -0.1) is 0 Å². The number of hydrogen-bond acceptors (Lipinski definition) is 6. The molecular weight excluding hydrogens is 440 g/mol. The first-order valence-electron chi connectivity index (χ1n) is 8.67. The van der Waals surface area contributed by atoms with Crippen LogP contribution in [0.1, 0.15) is 26.7 Å². The van der Waals surface area contributed by atoms with E-state index in [0.717, 1.165) is 0 Å². The Balaban J connectivity index is 5.20. The highest BCUT2D eigenvalue weighted by atomic mass is 19.4. The summed E-state index contributed by atoms with van der Waals surface area (Å²) in [7, 11) is 1.19. The molecule has 0 saturated carbocycles. The lowest BCUT2D eigenvalue weighted by atomic mass is 10.0. The number of rotatable bonds is 11. The maximum Gasteiger partial charge on any atom is 0.423 e. The molecule has 0 aliphatic heterocycles. The van der Waals surface area contributed by atoms with Gasteiger partial charge >= 0.3 is 12.4 Å². The molecule has 0 heterocycles. The summed E-state index contributed by atoms with van der Waals surface area (Å²) in [5, 5.41) is 22.2. The van der Waals surface area contributed by atoms with E-state index in [4.69, 9.17) is 15.4 Å². The summed E-state index contributed by atoms with van der Waals surface area (Å²) in [5.41, 5.74) is -1.43. The minimum atomic E-state index is -5.78. The molecule has 0 aliphatic rings. The minimum Gasteiger partial charge on any atom is -0.369 e. The molecule has 4 N–H and O–H groups in total. The van der Waals surface area contributed by atoms with Gasteiger partial charge in [0, 0.05) is 13.7 Å². The molecule has 15 heteroatoms. The van der Waals surface area contributed by atoms with Crippen LogP contribution in [0.5, 0.6) is 0 Å². The van der Waals surface area contributed by atoms with E-state index < -0.39 is 48.4 Å². The highest BCUT2D eigenvalue weighted by Gasteiger charge is 2.58. The van der Waals surface area contributed by atoms with E-state index >= 15 is 0 Å². The van der Waals surface area contributed by atoms with E-state index in [1.165, 1.54) is 27.2 Å². The molecule has 0 fully saturated rings. The molecule has 9 nitrogen and oxygen atoms in total. The van der Waals surface area contributed by atoms with Crippen LogP contribution in [-0.4, -0.2) is 68.0 Å². The van der Waals surface area contributed by atoms with E-state index in [1.807, 2.05) is 5.32 Å². The summed E-state index contributed by atoms with van der Waals surface area (Å²) in [6.07, 6.45) is -14.4. The highest BCUT2D eigenvalue weighted by molar-refractivity contribution is 5.92. The summed E-state index contributed by atoms with van der Waals surface area (Å²) in [4.78, 5) is 24.5. The third-order valence-electron chi connectivity index (χ3n) is 3.89. The van der Waals surface area contributed by atoms with Crippen molar-refractivity contribution in [2.75, 3.05) is 20.3 Å². The average molecular weight is 463 g/mol. The summed E-state index contributed by atoms with van der Waals surface area (Å²) in [6.45, 7) is 1.12. The van der Waals surface area contributed by atoms with Crippen LogP contribution in [-0.2, 0) is 19.1 Å². The molecule has 0 spiro atoms. The first kappa shape index (κ1) is 28.4. The Kier molecular flexibility index (Phi) is 10.7. The Hall–Kier alpha value is -2.60. The fraction of sp³-hybridized carbons (Fsp3) is 0.750. The Morgan fingerprint density at radius 1 is 1.13 bits per heavy atom. The number of alkyl halides is 6. The SMILES string of the molecule is COC(C)(C)C(=O)NC(CCCNC(=N)NC#N)C(=O)COC(C(F)(F)F)C(F)(F)F. The normalized spacial score (nSPS) is 13.3. The van der Waals surface area contributed by atoms with Crippen LogP contribution in [0.25, 0.3) is 0 Å². The highest BCUT2D eigenvalue weighted by Crippen LogP contribution is 2.35. The molecule has 0 rings (SSSR count). The largest absolute Gasteiger partial charge is 0.423 e. The molecule has 0 bridgehead atoms. The Morgan fingerprint density at radius 2 is 1.68 bits per heavy atom. The van der Waals surface area contributed by atoms with Crippen LogP contribution < -0.4 is 16.0 Å². The smallest absolute Gasteiger partial charge is 0.369 e. The van der Waals surface area contributed by atoms with Gasteiger partial charge in [-0.05, 0) is 26.7 Å². The van der Waals surface area contributed by atoms with Crippen molar-refractivity contribution in [3.05, 3.63) is 0 Å². The quantitative estimate of drug-likeness (QED) is 0.0907. The molecular formula is C16H23F6N5O4. The van der Waals surface area contributed by atoms with Crippen molar-refractivity contribution >= 4 is 17.6 Å². The van der Waals surface area contributed by atoms with Gasteiger partial charge in [-0.25, -0.2) is 0 Å². The average Bonchev–Trinajstić information content (AvgIpc) is 2.61. The van der Waals surface area contributed by atoms with E-state index in [0.29, 0.717) is 0 Å². The number of ether oxygens (including phenoxy) is 2. The number of Topliss-reactive ketones (excluding diaryl/α,β-unsaturated/α-hetero) is 1. The number of guanidine groups is 1. The Bertz CT molecular complexity index is 661. The molecule has 0 radical (unpaired) electrons. The maximum atomic E-state index is 12.6. The van der Waals surface area contributed by atoms with Gasteiger partial charge in [0.05, 0.1) is 6.04 Å². The van der Waals surface area contributed by atoms with Gasteiger partial charge in [0.25, 0.3) is 5.91 Å². The lowest BCUT2D eigenvalue weighted by Crippen LogP contribution is -2.52. The van der Waals surface area contributed by atoms with Gasteiger partial charge in [0.2, 0.25) is 12.1 Å². The number of halogens is 6. The Labute approximate surface area is 173 Å². The third kappa shape index (κ3) is 10.3. The van der Waals surface area contributed by atoms with Crippen molar-refractivity contribution in [2.45, 2.75) is 56.8 Å². The van der Waals surface area contributed by atoms with Crippen molar-refractivity contribution in [2.24, 2.45) is 0 Å². The minimum absolute atomic E-state index is 0.00934. The van der Waals surface area contributed by atoms with Crippen molar-refractivity contribution in [3.8, 4) is 6.19 Å². The van der Waals surface area contributed by atoms with Crippen LogP contribution in [0.2, 0.25) is 0 Å². The maximum absolute atomic E-state index is 12.6. The van der Waals surface area contributed by atoms with Crippen molar-refractivity contribution in [1.29, 1.82) is 10.7 Å². The molecule has 0 aromatic rings. The van der Waals surface area contributed by atoms with Crippen LogP contribution in [0, 0.1) is 16.9 Å². The second-order valence-electron chi connectivity index (χ2n) is 6.66. The zero-order chi connectivity index (χ0) is 24.5. The van der Waals surface area contributed by atoms with Crippen LogP contribution in [0.15, 0.2) is 0 Å². The van der Waals surface area contributed by atoms with Gasteiger partial charge in [0.15, 0.2) is 12.0 Å². The lowest BCUT2D eigenvalue weighted by Gasteiger charge is -2.27. The zero-order valence-electron chi connectivity index (χ0n) is 16.8. The Morgan fingerprint density at radius 3 is 2.13 bits per heavy atom. The predicted octanol–water partition coefficient (Wildman–Crippen LogP) is 1.35. The number of carbonyl (C=O) groups excluding carboxylic acids is 2. The van der Waals surface area contributed by atoms with Crippen LogP contribution in [0.4, 0.5) is 26.3 Å². The molecule has 0 aromatic carbocycles. The summed E-state index contributed by atoms with van der Waals surface area (Å²) in [5.74, 6) is -2.41. The van der Waals surface area contributed by atoms with Gasteiger partial charge in [0.1, 0.15) is 12.2 Å². The van der Waals surface area contributed by atoms with E-state index in [2.05, 4.69) is 15.4 Å². The standard InChI is InChI=1S/C16H23F6N5O4/c1-14(2,30-3)12(29)27-9(5-4-6-25-13(24)26-8-23)10(28)7-31-11(15(17,18)19)16(20,21)22/h9,11H,4-7H2,1-3H3,(H,27,29)(H3,24,25,26). The number of carbonyl (C=O) groups is 2. The van der Waals surface area contributed by atoms with E-state index in [1.54, 1.807) is 0 Å².